The molecule has 2 amide bonds. The van der Waals surface area contributed by atoms with Crippen molar-refractivity contribution < 1.29 is 13.2 Å². The van der Waals surface area contributed by atoms with Gasteiger partial charge in [0.2, 0.25) is 10.0 Å². The summed E-state index contributed by atoms with van der Waals surface area (Å²) in [4.78, 5) is 14.0. The highest BCUT2D eigenvalue weighted by atomic mass is 32.2. The average Bonchev–Trinajstić information content (AvgIpc) is 2.50. The molecule has 2 rings (SSSR count). The van der Waals surface area contributed by atoms with E-state index in [1.54, 1.807) is 29.2 Å². The van der Waals surface area contributed by atoms with Crippen LogP contribution in [0.2, 0.25) is 0 Å². The predicted molar refractivity (Wildman–Crippen MR) is 93.4 cm³/mol. The molecule has 0 aromatic heterocycles. The van der Waals surface area contributed by atoms with E-state index in [1.807, 2.05) is 37.3 Å². The van der Waals surface area contributed by atoms with E-state index in [2.05, 4.69) is 10.0 Å². The zero-order valence-electron chi connectivity index (χ0n) is 13.0. The van der Waals surface area contributed by atoms with Crippen LogP contribution in [0.4, 0.5) is 21.9 Å². The summed E-state index contributed by atoms with van der Waals surface area (Å²) in [5.74, 6) is 0. The Hall–Kier alpha value is -2.54. The van der Waals surface area contributed by atoms with Crippen molar-refractivity contribution in [3.8, 4) is 0 Å². The highest BCUT2D eigenvalue weighted by Crippen LogP contribution is 2.17. The Balaban J connectivity index is 2.07. The molecular formula is C16H19N3O3S. The third-order valence-electron chi connectivity index (χ3n) is 3.07. The topological polar surface area (TPSA) is 78.5 Å². The number of carbonyl (C=O) groups excluding carboxylic acids is 1. The fourth-order valence-corrected chi connectivity index (χ4v) is 2.64. The number of sulfonamides is 1. The lowest BCUT2D eigenvalue weighted by atomic mass is 10.3. The standard InChI is InChI=1S/C16H19N3O3S/c1-3-19(15-7-5-4-6-8-15)16(20)17-13-9-11-14(12-10-13)18-23(2,21)22/h4-12,18H,3H2,1-2H3,(H,17,20). The molecular weight excluding hydrogens is 314 g/mol. The molecule has 0 heterocycles. The molecule has 0 saturated carbocycles. The summed E-state index contributed by atoms with van der Waals surface area (Å²) in [5.41, 5.74) is 1.84. The number of nitrogens with zero attached hydrogens (tertiary/aromatic N) is 1. The fraction of sp³-hybridized carbons (Fsp3) is 0.188. The Labute approximate surface area is 136 Å². The van der Waals surface area contributed by atoms with Gasteiger partial charge in [-0.3, -0.25) is 9.62 Å². The number of para-hydroxylation sites is 1. The Bertz CT molecular complexity index is 759. The molecule has 0 radical (unpaired) electrons. The normalized spacial score (nSPS) is 10.9. The van der Waals surface area contributed by atoms with Crippen molar-refractivity contribution >= 4 is 33.1 Å². The van der Waals surface area contributed by atoms with Gasteiger partial charge in [-0.05, 0) is 43.3 Å². The van der Waals surface area contributed by atoms with Gasteiger partial charge in [-0.25, -0.2) is 13.2 Å². The molecule has 0 unspecified atom stereocenters. The zero-order chi connectivity index (χ0) is 16.9. The van der Waals surface area contributed by atoms with Crippen molar-refractivity contribution in [1.29, 1.82) is 0 Å². The lowest BCUT2D eigenvalue weighted by molar-refractivity contribution is 0.257. The molecule has 2 aromatic carbocycles. The van der Waals surface area contributed by atoms with Crippen LogP contribution in [0, 0.1) is 0 Å². The first-order valence-electron chi connectivity index (χ1n) is 7.10. The van der Waals surface area contributed by atoms with Crippen LogP contribution in [0.25, 0.3) is 0 Å². The van der Waals surface area contributed by atoms with E-state index in [1.165, 1.54) is 0 Å². The molecule has 0 aliphatic carbocycles. The number of urea groups is 1. The number of amides is 2. The van der Waals surface area contributed by atoms with Gasteiger partial charge in [0.1, 0.15) is 0 Å². The summed E-state index contributed by atoms with van der Waals surface area (Å²) in [6.07, 6.45) is 1.08. The number of nitrogens with one attached hydrogen (secondary N) is 2. The van der Waals surface area contributed by atoms with Crippen molar-refractivity contribution in [2.45, 2.75) is 6.92 Å². The first-order chi connectivity index (χ1) is 10.9. The van der Waals surface area contributed by atoms with Gasteiger partial charge in [0.15, 0.2) is 0 Å². The second kappa shape index (κ2) is 7.15. The summed E-state index contributed by atoms with van der Waals surface area (Å²) in [6, 6.07) is 15.6. The molecule has 0 atom stereocenters. The summed E-state index contributed by atoms with van der Waals surface area (Å²) >= 11 is 0. The van der Waals surface area contributed by atoms with E-state index in [0.717, 1.165) is 11.9 Å². The van der Waals surface area contributed by atoms with E-state index in [4.69, 9.17) is 0 Å². The molecule has 122 valence electrons. The van der Waals surface area contributed by atoms with Gasteiger partial charge in [0.05, 0.1) is 6.26 Å². The van der Waals surface area contributed by atoms with Gasteiger partial charge in [-0.2, -0.15) is 0 Å². The van der Waals surface area contributed by atoms with Crippen molar-refractivity contribution in [3.63, 3.8) is 0 Å². The summed E-state index contributed by atoms with van der Waals surface area (Å²) in [5, 5.41) is 2.79. The molecule has 6 nitrogen and oxygen atoms in total. The van der Waals surface area contributed by atoms with E-state index in [-0.39, 0.29) is 6.03 Å². The first kappa shape index (κ1) is 16.8. The van der Waals surface area contributed by atoms with Crippen LogP contribution >= 0.6 is 0 Å². The Kier molecular flexibility index (Phi) is 5.23. The second-order valence-corrected chi connectivity index (χ2v) is 6.71. The summed E-state index contributed by atoms with van der Waals surface area (Å²) in [6.45, 7) is 2.43. The quantitative estimate of drug-likeness (QED) is 0.882. The average molecular weight is 333 g/mol. The monoisotopic (exact) mass is 333 g/mol. The third kappa shape index (κ3) is 5.00. The maximum atomic E-state index is 12.4. The maximum Gasteiger partial charge on any atom is 0.326 e. The summed E-state index contributed by atoms with van der Waals surface area (Å²) in [7, 11) is -3.31. The molecule has 23 heavy (non-hydrogen) atoms. The number of anilines is 3. The lowest BCUT2D eigenvalue weighted by Crippen LogP contribution is -2.34. The van der Waals surface area contributed by atoms with E-state index < -0.39 is 10.0 Å². The number of hydrogen-bond acceptors (Lipinski definition) is 3. The maximum absolute atomic E-state index is 12.4. The van der Waals surface area contributed by atoms with Gasteiger partial charge in [0.25, 0.3) is 0 Å². The molecule has 0 spiro atoms. The van der Waals surface area contributed by atoms with Crippen LogP contribution in [0.15, 0.2) is 54.6 Å². The van der Waals surface area contributed by atoms with E-state index in [0.29, 0.717) is 17.9 Å². The number of hydrogen-bond donors (Lipinski definition) is 2. The molecule has 2 aromatic rings. The van der Waals surface area contributed by atoms with Crippen LogP contribution in [0.5, 0.6) is 0 Å². The van der Waals surface area contributed by atoms with Crippen LogP contribution in [0.1, 0.15) is 6.92 Å². The summed E-state index contributed by atoms with van der Waals surface area (Å²) < 4.78 is 24.7. The van der Waals surface area contributed by atoms with E-state index in [9.17, 15) is 13.2 Å². The van der Waals surface area contributed by atoms with Crippen LogP contribution < -0.4 is 14.9 Å². The lowest BCUT2D eigenvalue weighted by Gasteiger charge is -2.21. The third-order valence-corrected chi connectivity index (χ3v) is 3.68. The van der Waals surface area contributed by atoms with Crippen molar-refractivity contribution in [2.75, 3.05) is 27.7 Å². The number of carbonyl (C=O) groups is 1. The van der Waals surface area contributed by atoms with Crippen molar-refractivity contribution in [2.24, 2.45) is 0 Å². The Morgan fingerprint density at radius 1 is 1.00 bits per heavy atom. The highest BCUT2D eigenvalue weighted by Gasteiger charge is 2.13. The van der Waals surface area contributed by atoms with Gasteiger partial charge in [-0.1, -0.05) is 18.2 Å². The minimum absolute atomic E-state index is 0.248. The Morgan fingerprint density at radius 2 is 1.57 bits per heavy atom. The van der Waals surface area contributed by atoms with Crippen LogP contribution in [-0.4, -0.2) is 27.2 Å². The smallest absolute Gasteiger partial charge is 0.308 e. The molecule has 7 heteroatoms. The highest BCUT2D eigenvalue weighted by molar-refractivity contribution is 7.92. The number of rotatable bonds is 5. The molecule has 0 bridgehead atoms. The molecule has 0 aliphatic heterocycles. The van der Waals surface area contributed by atoms with Crippen LogP contribution in [-0.2, 0) is 10.0 Å². The minimum Gasteiger partial charge on any atom is -0.308 e. The molecule has 0 saturated heterocycles. The second-order valence-electron chi connectivity index (χ2n) is 4.96. The van der Waals surface area contributed by atoms with Gasteiger partial charge in [-0.15, -0.1) is 0 Å². The minimum atomic E-state index is -3.31. The van der Waals surface area contributed by atoms with Gasteiger partial charge >= 0.3 is 6.03 Å². The Morgan fingerprint density at radius 3 is 2.09 bits per heavy atom. The predicted octanol–water partition coefficient (Wildman–Crippen LogP) is 3.12. The molecule has 0 aliphatic rings. The first-order valence-corrected chi connectivity index (χ1v) is 8.99. The SMILES string of the molecule is CCN(C(=O)Nc1ccc(NS(C)(=O)=O)cc1)c1ccccc1. The van der Waals surface area contributed by atoms with Gasteiger partial charge in [0, 0.05) is 23.6 Å². The zero-order valence-corrected chi connectivity index (χ0v) is 13.8. The van der Waals surface area contributed by atoms with Crippen molar-refractivity contribution in [3.05, 3.63) is 54.6 Å². The van der Waals surface area contributed by atoms with Gasteiger partial charge < -0.3 is 5.32 Å². The fourth-order valence-electron chi connectivity index (χ4n) is 2.08. The van der Waals surface area contributed by atoms with Crippen molar-refractivity contribution in [1.82, 2.24) is 0 Å². The van der Waals surface area contributed by atoms with E-state index >= 15 is 0 Å². The largest absolute Gasteiger partial charge is 0.326 e. The number of benzene rings is 2. The molecule has 0 fully saturated rings. The molecule has 2 N–H and O–H groups in total. The van der Waals surface area contributed by atoms with Crippen LogP contribution in [0.3, 0.4) is 0 Å².